The third kappa shape index (κ3) is 4.47. The van der Waals surface area contributed by atoms with Gasteiger partial charge in [0, 0.05) is 24.9 Å². The van der Waals surface area contributed by atoms with E-state index in [1.165, 1.54) is 23.1 Å². The quantitative estimate of drug-likeness (QED) is 0.823. The maximum absolute atomic E-state index is 12.5. The minimum absolute atomic E-state index is 0.0569. The maximum atomic E-state index is 12.5. The molecule has 23 heavy (non-hydrogen) atoms. The number of amides is 1. The normalized spacial score (nSPS) is 11.3. The van der Waals surface area contributed by atoms with E-state index in [4.69, 9.17) is 23.2 Å². The largest absolute Gasteiger partial charge is 0.337 e. The highest BCUT2D eigenvalue weighted by Crippen LogP contribution is 2.22. The molecule has 0 atom stereocenters. The molecule has 2 aromatic rings. The SMILES string of the molecule is CN(Cc1cccc(Cl)c1)C(=O)c1cc(S(C)(=O)=O)ccc1Cl. The van der Waals surface area contributed by atoms with Crippen LogP contribution in [0.4, 0.5) is 0 Å². The monoisotopic (exact) mass is 371 g/mol. The number of rotatable bonds is 4. The van der Waals surface area contributed by atoms with E-state index in [-0.39, 0.29) is 21.4 Å². The zero-order valence-electron chi connectivity index (χ0n) is 12.6. The molecule has 0 saturated heterocycles. The van der Waals surface area contributed by atoms with Gasteiger partial charge >= 0.3 is 0 Å². The number of hydrogen-bond acceptors (Lipinski definition) is 3. The van der Waals surface area contributed by atoms with Crippen LogP contribution >= 0.6 is 23.2 Å². The molecule has 0 aliphatic rings. The number of hydrogen-bond donors (Lipinski definition) is 0. The van der Waals surface area contributed by atoms with E-state index in [1.54, 1.807) is 25.2 Å². The summed E-state index contributed by atoms with van der Waals surface area (Å²) in [6.45, 7) is 0.332. The molecule has 122 valence electrons. The summed E-state index contributed by atoms with van der Waals surface area (Å²) in [5, 5.41) is 0.792. The summed E-state index contributed by atoms with van der Waals surface area (Å²) in [6.07, 6.45) is 1.08. The van der Waals surface area contributed by atoms with Crippen molar-refractivity contribution in [1.29, 1.82) is 0 Å². The minimum atomic E-state index is -3.41. The topological polar surface area (TPSA) is 54.5 Å². The van der Waals surface area contributed by atoms with Crippen molar-refractivity contribution in [1.82, 2.24) is 4.90 Å². The Bertz CT molecular complexity index is 850. The van der Waals surface area contributed by atoms with Gasteiger partial charge in [-0.05, 0) is 35.9 Å². The lowest BCUT2D eigenvalue weighted by Gasteiger charge is -2.18. The van der Waals surface area contributed by atoms with Crippen LogP contribution in [0.5, 0.6) is 0 Å². The maximum Gasteiger partial charge on any atom is 0.255 e. The third-order valence-electron chi connectivity index (χ3n) is 3.25. The second-order valence-corrected chi connectivity index (χ2v) is 8.06. The number of carbonyl (C=O) groups excluding carboxylic acids is 1. The Hall–Kier alpha value is -1.56. The van der Waals surface area contributed by atoms with Crippen LogP contribution in [0.2, 0.25) is 10.0 Å². The number of sulfone groups is 1. The zero-order chi connectivity index (χ0) is 17.2. The fourth-order valence-electron chi connectivity index (χ4n) is 2.09. The van der Waals surface area contributed by atoms with Crippen molar-refractivity contribution < 1.29 is 13.2 Å². The molecule has 0 aromatic heterocycles. The first-order valence-corrected chi connectivity index (χ1v) is 9.33. The van der Waals surface area contributed by atoms with Gasteiger partial charge in [0.1, 0.15) is 0 Å². The van der Waals surface area contributed by atoms with Crippen molar-refractivity contribution in [3.8, 4) is 0 Å². The Morgan fingerprint density at radius 3 is 2.43 bits per heavy atom. The average molecular weight is 372 g/mol. The highest BCUT2D eigenvalue weighted by atomic mass is 35.5. The molecule has 0 radical (unpaired) electrons. The second kappa shape index (κ2) is 6.91. The molecule has 0 saturated carbocycles. The summed E-state index contributed by atoms with van der Waals surface area (Å²) in [7, 11) is -1.79. The molecule has 0 heterocycles. The van der Waals surface area contributed by atoms with Gasteiger partial charge in [0.2, 0.25) is 0 Å². The van der Waals surface area contributed by atoms with Crippen LogP contribution in [-0.4, -0.2) is 32.5 Å². The fourth-order valence-corrected chi connectivity index (χ4v) is 3.14. The Morgan fingerprint density at radius 1 is 1.13 bits per heavy atom. The van der Waals surface area contributed by atoms with Gasteiger partial charge in [0.05, 0.1) is 15.5 Å². The van der Waals surface area contributed by atoms with Gasteiger partial charge in [-0.1, -0.05) is 35.3 Å². The highest BCUT2D eigenvalue weighted by molar-refractivity contribution is 7.90. The summed E-state index contributed by atoms with van der Waals surface area (Å²) >= 11 is 12.0. The van der Waals surface area contributed by atoms with E-state index in [0.29, 0.717) is 11.6 Å². The first-order valence-electron chi connectivity index (χ1n) is 6.68. The lowest BCUT2D eigenvalue weighted by Crippen LogP contribution is -2.26. The van der Waals surface area contributed by atoms with Crippen molar-refractivity contribution in [2.75, 3.05) is 13.3 Å². The lowest BCUT2D eigenvalue weighted by atomic mass is 10.1. The Labute approximate surface area is 145 Å². The van der Waals surface area contributed by atoms with Gasteiger partial charge in [-0.15, -0.1) is 0 Å². The summed E-state index contributed by atoms with van der Waals surface area (Å²) in [6, 6.07) is 11.3. The Balaban J connectivity index is 2.29. The van der Waals surface area contributed by atoms with Crippen LogP contribution in [0.1, 0.15) is 15.9 Å². The van der Waals surface area contributed by atoms with Crippen LogP contribution in [0.3, 0.4) is 0 Å². The molecular formula is C16H15Cl2NO3S. The molecule has 0 aliphatic heterocycles. The first-order chi connectivity index (χ1) is 10.7. The number of nitrogens with zero attached hydrogens (tertiary/aromatic N) is 1. The van der Waals surface area contributed by atoms with Crippen LogP contribution < -0.4 is 0 Å². The van der Waals surface area contributed by atoms with Crippen LogP contribution in [-0.2, 0) is 16.4 Å². The second-order valence-electron chi connectivity index (χ2n) is 5.20. The standard InChI is InChI=1S/C16H15Cl2NO3S/c1-19(10-11-4-3-5-12(17)8-11)16(20)14-9-13(23(2,21)22)6-7-15(14)18/h3-9H,10H2,1-2H3. The number of carbonyl (C=O) groups is 1. The number of halogens is 2. The average Bonchev–Trinajstić information content (AvgIpc) is 2.45. The summed E-state index contributed by atoms with van der Waals surface area (Å²) in [5.41, 5.74) is 1.02. The van der Waals surface area contributed by atoms with Gasteiger partial charge in [0.25, 0.3) is 5.91 Å². The highest BCUT2D eigenvalue weighted by Gasteiger charge is 2.18. The van der Waals surface area contributed by atoms with Crippen molar-refractivity contribution in [3.05, 3.63) is 63.6 Å². The number of benzene rings is 2. The smallest absolute Gasteiger partial charge is 0.255 e. The molecule has 0 N–H and O–H groups in total. The van der Waals surface area contributed by atoms with Gasteiger partial charge < -0.3 is 4.90 Å². The molecule has 4 nitrogen and oxygen atoms in total. The van der Waals surface area contributed by atoms with Gasteiger partial charge in [-0.3, -0.25) is 4.79 Å². The van der Waals surface area contributed by atoms with Gasteiger partial charge in [-0.2, -0.15) is 0 Å². The molecule has 2 aromatic carbocycles. The molecule has 0 bridgehead atoms. The summed E-state index contributed by atoms with van der Waals surface area (Å²) in [4.78, 5) is 14.1. The van der Waals surface area contributed by atoms with Crippen molar-refractivity contribution in [2.24, 2.45) is 0 Å². The molecule has 1 amide bonds. The van der Waals surface area contributed by atoms with E-state index in [2.05, 4.69) is 0 Å². The van der Waals surface area contributed by atoms with Crippen molar-refractivity contribution in [3.63, 3.8) is 0 Å². The molecule has 0 fully saturated rings. The molecule has 7 heteroatoms. The summed E-state index contributed by atoms with van der Waals surface area (Å²) in [5.74, 6) is -0.361. The lowest BCUT2D eigenvalue weighted by molar-refractivity contribution is 0.0785. The van der Waals surface area contributed by atoms with E-state index < -0.39 is 9.84 Å². The zero-order valence-corrected chi connectivity index (χ0v) is 14.9. The van der Waals surface area contributed by atoms with Crippen molar-refractivity contribution >= 4 is 38.9 Å². The molecule has 0 unspecified atom stereocenters. The molecular weight excluding hydrogens is 357 g/mol. The predicted octanol–water partition coefficient (Wildman–Crippen LogP) is 3.67. The van der Waals surface area contributed by atoms with Crippen LogP contribution in [0.15, 0.2) is 47.4 Å². The molecule has 0 spiro atoms. The van der Waals surface area contributed by atoms with E-state index >= 15 is 0 Å². The Kier molecular flexibility index (Phi) is 5.34. The predicted molar refractivity (Wildman–Crippen MR) is 91.8 cm³/mol. The summed E-state index contributed by atoms with van der Waals surface area (Å²) < 4.78 is 23.3. The third-order valence-corrected chi connectivity index (χ3v) is 4.93. The van der Waals surface area contributed by atoms with E-state index in [9.17, 15) is 13.2 Å². The Morgan fingerprint density at radius 2 is 1.83 bits per heavy atom. The van der Waals surface area contributed by atoms with Gasteiger partial charge in [-0.25, -0.2) is 8.42 Å². The van der Waals surface area contributed by atoms with Crippen LogP contribution in [0, 0.1) is 0 Å². The van der Waals surface area contributed by atoms with Crippen LogP contribution in [0.25, 0.3) is 0 Å². The van der Waals surface area contributed by atoms with E-state index in [0.717, 1.165) is 11.8 Å². The fraction of sp³-hybridized carbons (Fsp3) is 0.188. The molecule has 0 aliphatic carbocycles. The van der Waals surface area contributed by atoms with Gasteiger partial charge in [0.15, 0.2) is 9.84 Å². The first kappa shape index (κ1) is 17.8. The molecule has 2 rings (SSSR count). The van der Waals surface area contributed by atoms with E-state index in [1.807, 2.05) is 6.07 Å². The van der Waals surface area contributed by atoms with Crippen molar-refractivity contribution in [2.45, 2.75) is 11.4 Å². The minimum Gasteiger partial charge on any atom is -0.337 e.